The molecule has 0 radical (unpaired) electrons. The van der Waals surface area contributed by atoms with Crippen molar-refractivity contribution in [3.63, 3.8) is 0 Å². The standard InChI is InChI=1S/C23H18FN9.C20H19FN8O2.C19H17FN8O2.C17H15FN8.CH4O/c24-17-11-5-4-7-14(17)13-33-23-16(10-6-12-27-23)18(32-33)22-28-20(25)19(21(26)29-22)31-30-15-8-2-1-3-9-15;1-28(20(30)31-2)15-16(22)25-18(26-17(15)23)14-12-7-5-9-24-19(12)29(27-14)10-11-6-3-4-8-13(11)21;1-30-19(29)24-14-15(21)25-17(26-16(14)22)13-11-6-4-8-23-18(11)28(27-13)9-10-5-2-3-7-12(10)20;18-11-6-2-1-4-9(11)8-26-17-10(5-3-7-22-17)13(25-26)16-23-14(20)12(19)15(21)24-16;1-2/h1-12H,13H2,(H4,25,26,28,29);3-9H,10H2,1-2H3,(H4,22,23,25,26);2-8H,9H2,1H3,(H,24,29)(H4,21,22,25,26);1-7H,8,19H2,(H4,20,21,23,24);2H,1H3. The number of halogens is 4. The van der Waals surface area contributed by atoms with Gasteiger partial charge in [-0.2, -0.15) is 25.5 Å². The lowest BCUT2D eigenvalue weighted by atomic mass is 10.2. The molecule has 38 nitrogen and oxygen atoms in total. The third-order valence-corrected chi connectivity index (χ3v) is 18.1. The van der Waals surface area contributed by atoms with Crippen molar-refractivity contribution in [1.82, 2.24) is 98.9 Å². The zero-order valence-corrected chi connectivity index (χ0v) is 65.0. The number of carbonyl (C=O) groups excluding carboxylic acids is 2. The third kappa shape index (κ3) is 18.0. The number of pyridine rings is 4. The van der Waals surface area contributed by atoms with Gasteiger partial charge in [0.1, 0.15) is 63.1 Å². The Morgan fingerprint density at radius 3 is 0.992 bits per heavy atom. The van der Waals surface area contributed by atoms with Crippen LogP contribution in [0.2, 0.25) is 0 Å². The molecule has 0 saturated heterocycles. The van der Waals surface area contributed by atoms with Gasteiger partial charge in [-0.25, -0.2) is 106 Å². The SMILES string of the molecule is CO.COC(=O)N(C)c1c(N)nc(-c2nn(Cc3ccccc3F)c3ncccc23)nc1N.COC(=O)Nc1c(N)nc(-c2nn(Cc3ccccc3F)c3ncccc23)nc1N.Nc1nc(-c2nn(Cc3ccccc3F)c3ncccc23)nc(N)c1N.Nc1nc(-c2nn(Cc3ccccc3F)c3ncccc23)nc(N)c1N=Nc1ccccc1. The van der Waals surface area contributed by atoms with Gasteiger partial charge in [0.15, 0.2) is 98.1 Å². The fraction of sp³-hybridized carbons (Fsp3) is 0.100. The zero-order valence-electron chi connectivity index (χ0n) is 65.0. The van der Waals surface area contributed by atoms with Crippen LogP contribution in [-0.4, -0.2) is 145 Å². The number of rotatable bonds is 16. The molecule has 0 fully saturated rings. The summed E-state index contributed by atoms with van der Waals surface area (Å²) in [7, 11) is 4.89. The Bertz CT molecular complexity index is 6660. The number of carbonyl (C=O) groups is 2. The number of aliphatic hydroxyl groups is 1. The first-order valence-electron chi connectivity index (χ1n) is 36.3. The van der Waals surface area contributed by atoms with Crippen molar-refractivity contribution >= 4 is 131 Å². The minimum absolute atomic E-state index is 0.0175. The minimum atomic E-state index is -0.756. The monoisotopic (exact) mass is 1650 g/mol. The van der Waals surface area contributed by atoms with Gasteiger partial charge in [0.05, 0.1) is 67.6 Å². The molecule has 20 N–H and O–H groups in total. The molecule has 5 aromatic carbocycles. The zero-order chi connectivity index (χ0) is 86.4. The normalized spacial score (nSPS) is 11.0. The van der Waals surface area contributed by atoms with E-state index in [0.29, 0.717) is 94.9 Å². The van der Waals surface area contributed by atoms with Crippen LogP contribution >= 0.6 is 0 Å². The van der Waals surface area contributed by atoms with E-state index in [4.69, 9.17) is 56.7 Å². The van der Waals surface area contributed by atoms with E-state index in [1.807, 2.05) is 30.3 Å². The number of hydrogen-bond acceptors (Lipinski definition) is 32. The molecule has 0 spiro atoms. The van der Waals surface area contributed by atoms with Gasteiger partial charge in [-0.3, -0.25) is 10.2 Å². The number of fused-ring (bicyclic) bond motifs is 4. The van der Waals surface area contributed by atoms with Crippen molar-refractivity contribution < 1.29 is 41.7 Å². The molecule has 122 heavy (non-hydrogen) atoms. The van der Waals surface area contributed by atoms with Crippen molar-refractivity contribution in [2.45, 2.75) is 26.2 Å². The summed E-state index contributed by atoms with van der Waals surface area (Å²) in [5, 5.41) is 38.5. The Balaban J connectivity index is 0.000000140. The van der Waals surface area contributed by atoms with Gasteiger partial charge in [0, 0.05) is 61.2 Å². The first-order valence-corrected chi connectivity index (χ1v) is 36.3. The molecule has 2 amide bonds. The number of azo groups is 1. The largest absolute Gasteiger partial charge is 0.453 e. The van der Waals surface area contributed by atoms with E-state index in [1.54, 1.807) is 165 Å². The number of nitrogens with one attached hydrogen (secondary N) is 1. The number of aliphatic hydroxyl groups excluding tert-OH is 1. The number of benzene rings is 5. The molecule has 616 valence electrons. The molecule has 17 aromatic rings. The summed E-state index contributed by atoms with van der Waals surface area (Å²) in [5.74, 6) is -0.425. The quantitative estimate of drug-likeness (QED) is 0.0316. The highest BCUT2D eigenvalue weighted by Crippen LogP contribution is 2.37. The summed E-state index contributed by atoms with van der Waals surface area (Å²) in [6.45, 7) is 0.718. The average molecular weight is 1650 g/mol. The smallest absolute Gasteiger partial charge is 0.413 e. The number of nitrogens with zero attached hydrogens (tertiary/aromatic N) is 23. The molecule has 42 heteroatoms. The van der Waals surface area contributed by atoms with Gasteiger partial charge in [-0.15, -0.1) is 5.11 Å². The van der Waals surface area contributed by atoms with Crippen LogP contribution in [0.25, 0.3) is 90.2 Å². The van der Waals surface area contributed by atoms with Gasteiger partial charge >= 0.3 is 12.2 Å². The molecule has 0 atom stereocenters. The lowest BCUT2D eigenvalue weighted by Crippen LogP contribution is -2.28. The Morgan fingerprint density at radius 2 is 0.680 bits per heavy atom. The first kappa shape index (κ1) is 82.9. The van der Waals surface area contributed by atoms with Crippen LogP contribution in [0, 0.1) is 23.3 Å². The van der Waals surface area contributed by atoms with Crippen molar-refractivity contribution in [1.29, 1.82) is 0 Å². The maximum atomic E-state index is 14.2. The number of anilines is 11. The van der Waals surface area contributed by atoms with Crippen LogP contribution < -0.4 is 61.8 Å². The Hall–Kier alpha value is -17.1. The summed E-state index contributed by atoms with van der Waals surface area (Å²) >= 11 is 0. The molecule has 0 bridgehead atoms. The summed E-state index contributed by atoms with van der Waals surface area (Å²) < 4.78 is 72.1. The number of nitrogens with two attached hydrogens (primary N) is 9. The fourth-order valence-corrected chi connectivity index (χ4v) is 12.3. The molecule has 17 rings (SSSR count). The van der Waals surface area contributed by atoms with Crippen LogP contribution in [0.15, 0.2) is 211 Å². The topological polar surface area (TPSA) is 573 Å². The highest BCUT2D eigenvalue weighted by atomic mass is 19.1. The number of hydrogen-bond donors (Lipinski definition) is 11. The molecule has 12 heterocycles. The Labute approximate surface area is 687 Å². The molecular weight excluding hydrogens is 1580 g/mol. The maximum absolute atomic E-state index is 14.2. The second-order valence-corrected chi connectivity index (χ2v) is 25.8. The van der Waals surface area contributed by atoms with Crippen LogP contribution in [0.4, 0.5) is 102 Å². The number of methoxy groups -OCH3 is 2. The van der Waals surface area contributed by atoms with Crippen LogP contribution in [0.1, 0.15) is 22.3 Å². The first-order chi connectivity index (χ1) is 59.0. The predicted molar refractivity (Wildman–Crippen MR) is 452 cm³/mol. The second kappa shape index (κ2) is 36.8. The summed E-state index contributed by atoms with van der Waals surface area (Å²) in [5.41, 5.74) is 60.4. The van der Waals surface area contributed by atoms with Crippen molar-refractivity contribution in [3.05, 3.63) is 246 Å². The van der Waals surface area contributed by atoms with E-state index in [0.717, 1.165) is 12.0 Å². The highest BCUT2D eigenvalue weighted by Gasteiger charge is 2.27. The van der Waals surface area contributed by atoms with Gasteiger partial charge in [0.25, 0.3) is 0 Å². The molecule has 12 aromatic heterocycles. The number of aromatic nitrogens is 20. The summed E-state index contributed by atoms with van der Waals surface area (Å²) in [6.07, 6.45) is 5.08. The highest BCUT2D eigenvalue weighted by molar-refractivity contribution is 5.98. The van der Waals surface area contributed by atoms with Crippen molar-refractivity contribution in [3.8, 4) is 46.1 Å². The van der Waals surface area contributed by atoms with E-state index in [1.165, 1.54) is 45.5 Å². The lowest BCUT2D eigenvalue weighted by molar-refractivity contribution is 0.180. The molecule has 0 aliphatic heterocycles. The van der Waals surface area contributed by atoms with Gasteiger partial charge in [0.2, 0.25) is 0 Å². The predicted octanol–water partition coefficient (Wildman–Crippen LogP) is 10.9. The van der Waals surface area contributed by atoms with E-state index in [9.17, 15) is 27.2 Å². The van der Waals surface area contributed by atoms with Gasteiger partial charge in [-0.05, 0) is 84.9 Å². The third-order valence-electron chi connectivity index (χ3n) is 18.1. The summed E-state index contributed by atoms with van der Waals surface area (Å²) in [6, 6.07) is 49.3. The Kier molecular flexibility index (Phi) is 25.0. The lowest BCUT2D eigenvalue weighted by Gasteiger charge is -2.18. The van der Waals surface area contributed by atoms with E-state index >= 15 is 0 Å². The molecular formula is C80H73F4N33O5. The van der Waals surface area contributed by atoms with Crippen LogP contribution in [0.5, 0.6) is 0 Å². The fourth-order valence-electron chi connectivity index (χ4n) is 12.3. The minimum Gasteiger partial charge on any atom is -0.453 e. The Morgan fingerprint density at radius 1 is 0.385 bits per heavy atom. The maximum Gasteiger partial charge on any atom is 0.413 e. The van der Waals surface area contributed by atoms with Gasteiger partial charge in [-0.1, -0.05) is 91.0 Å². The van der Waals surface area contributed by atoms with Crippen molar-refractivity contribution in [2.75, 3.05) is 90.2 Å². The number of nitrogen functional groups attached to an aromatic ring is 9. The van der Waals surface area contributed by atoms with E-state index in [2.05, 4.69) is 105 Å². The van der Waals surface area contributed by atoms with Gasteiger partial charge < -0.3 is 66.2 Å². The number of ether oxygens (including phenoxy) is 2. The molecule has 0 aliphatic rings. The van der Waals surface area contributed by atoms with E-state index < -0.39 is 12.2 Å². The molecule has 0 unspecified atom stereocenters. The molecule has 0 aliphatic carbocycles. The van der Waals surface area contributed by atoms with Crippen LogP contribution in [-0.2, 0) is 35.7 Å². The second-order valence-electron chi connectivity index (χ2n) is 25.8. The summed E-state index contributed by atoms with van der Waals surface area (Å²) in [4.78, 5) is 76.0. The van der Waals surface area contributed by atoms with Crippen LogP contribution in [0.3, 0.4) is 0 Å². The average Bonchev–Trinajstić information content (AvgIpc) is 1.60. The molecule has 0 saturated carbocycles. The van der Waals surface area contributed by atoms with E-state index in [-0.39, 0.29) is 142 Å². The van der Waals surface area contributed by atoms with Crippen molar-refractivity contribution in [2.24, 2.45) is 10.2 Å². The number of amides is 2.